The van der Waals surface area contributed by atoms with E-state index in [1.807, 2.05) is 0 Å². The minimum Gasteiger partial charge on any atom is -0.468 e. The molecule has 0 radical (unpaired) electrons. The summed E-state index contributed by atoms with van der Waals surface area (Å²) in [5, 5.41) is 0. The average Bonchev–Trinajstić information content (AvgIpc) is 2.03. The fourth-order valence-corrected chi connectivity index (χ4v) is 0.728. The molecule has 0 aliphatic rings. The fourth-order valence-electron chi connectivity index (χ4n) is 0.728. The van der Waals surface area contributed by atoms with Crippen LogP contribution in [0.2, 0.25) is 0 Å². The number of halogens is 2. The molecule has 0 fully saturated rings. The van der Waals surface area contributed by atoms with E-state index in [0.29, 0.717) is 19.3 Å². The Balaban J connectivity index is 0. The molecule has 3 nitrogen and oxygen atoms in total. The number of carbonyl (C=O) groups is 1. The smallest absolute Gasteiger partial charge is 0.322 e. The zero-order valence-corrected chi connectivity index (χ0v) is 7.90. The van der Waals surface area contributed by atoms with Crippen molar-refractivity contribution in [2.75, 3.05) is 13.8 Å². The molecule has 2 N–H and O–H groups in total. The Hall–Kier alpha value is -0.350. The minimum atomic E-state index is -0.591. The van der Waals surface area contributed by atoms with Crippen molar-refractivity contribution in [2.24, 2.45) is 5.73 Å². The summed E-state index contributed by atoms with van der Waals surface area (Å²) in [5.74, 6) is -0.427. The summed E-state index contributed by atoms with van der Waals surface area (Å²) in [7, 11) is 1.29. The molecule has 1 atom stereocenters. The van der Waals surface area contributed by atoms with Gasteiger partial charge in [-0.05, 0) is 19.3 Å². The summed E-state index contributed by atoms with van der Waals surface area (Å²) >= 11 is 0. The SMILES string of the molecule is COC(=O)[C@@H](N)CCCCF.Cl. The van der Waals surface area contributed by atoms with E-state index in [9.17, 15) is 9.18 Å². The maximum Gasteiger partial charge on any atom is 0.322 e. The lowest BCUT2D eigenvalue weighted by atomic mass is 10.1. The Morgan fingerprint density at radius 2 is 2.17 bits per heavy atom. The van der Waals surface area contributed by atoms with E-state index in [-0.39, 0.29) is 19.1 Å². The number of alkyl halides is 1. The van der Waals surface area contributed by atoms with Gasteiger partial charge in [0.2, 0.25) is 0 Å². The van der Waals surface area contributed by atoms with Gasteiger partial charge < -0.3 is 10.5 Å². The van der Waals surface area contributed by atoms with E-state index >= 15 is 0 Å². The molecule has 0 heterocycles. The van der Waals surface area contributed by atoms with Crippen LogP contribution in [0.5, 0.6) is 0 Å². The fraction of sp³-hybridized carbons (Fsp3) is 0.857. The molecule has 0 aliphatic heterocycles. The predicted octanol–water partition coefficient (Wildman–Crippen LogP) is 1.05. The van der Waals surface area contributed by atoms with E-state index < -0.39 is 12.0 Å². The lowest BCUT2D eigenvalue weighted by Gasteiger charge is -2.06. The first-order chi connectivity index (χ1) is 5.22. The van der Waals surface area contributed by atoms with E-state index in [2.05, 4.69) is 4.74 Å². The normalized spacial score (nSPS) is 11.6. The summed E-state index contributed by atoms with van der Waals surface area (Å²) < 4.78 is 16.0. The Bertz CT molecular complexity index is 124. The monoisotopic (exact) mass is 199 g/mol. The number of rotatable bonds is 5. The molecular weight excluding hydrogens is 185 g/mol. The summed E-state index contributed by atoms with van der Waals surface area (Å²) in [6.07, 6.45) is 1.59. The topological polar surface area (TPSA) is 52.3 Å². The number of methoxy groups -OCH3 is 1. The first-order valence-corrected chi connectivity index (χ1v) is 3.61. The maximum absolute atomic E-state index is 11.6. The molecule has 0 amide bonds. The van der Waals surface area contributed by atoms with Crippen LogP contribution in [-0.4, -0.2) is 25.8 Å². The van der Waals surface area contributed by atoms with Crippen LogP contribution in [0.1, 0.15) is 19.3 Å². The van der Waals surface area contributed by atoms with Gasteiger partial charge in [0.15, 0.2) is 0 Å². The number of carbonyl (C=O) groups excluding carboxylic acids is 1. The molecule has 5 heteroatoms. The van der Waals surface area contributed by atoms with Crippen LogP contribution in [-0.2, 0) is 9.53 Å². The number of hydrogen-bond donors (Lipinski definition) is 1. The Morgan fingerprint density at radius 3 is 2.58 bits per heavy atom. The van der Waals surface area contributed by atoms with Crippen LogP contribution in [0, 0.1) is 0 Å². The number of nitrogens with two attached hydrogens (primary N) is 1. The molecule has 0 saturated heterocycles. The van der Waals surface area contributed by atoms with E-state index in [4.69, 9.17) is 5.73 Å². The second kappa shape index (κ2) is 8.74. The van der Waals surface area contributed by atoms with Crippen molar-refractivity contribution in [3.05, 3.63) is 0 Å². The van der Waals surface area contributed by atoms with Crippen LogP contribution < -0.4 is 5.73 Å². The van der Waals surface area contributed by atoms with Crippen LogP contribution in [0.25, 0.3) is 0 Å². The lowest BCUT2D eigenvalue weighted by molar-refractivity contribution is -0.142. The molecule has 0 bridgehead atoms. The highest BCUT2D eigenvalue weighted by molar-refractivity contribution is 5.85. The molecule has 0 rings (SSSR count). The quantitative estimate of drug-likeness (QED) is 0.532. The van der Waals surface area contributed by atoms with Crippen LogP contribution in [0.4, 0.5) is 4.39 Å². The molecule has 0 aliphatic carbocycles. The second-order valence-electron chi connectivity index (χ2n) is 2.31. The van der Waals surface area contributed by atoms with Crippen molar-refractivity contribution in [3.63, 3.8) is 0 Å². The first-order valence-electron chi connectivity index (χ1n) is 3.61. The van der Waals surface area contributed by atoms with Gasteiger partial charge in [-0.25, -0.2) is 0 Å². The molecule has 0 aromatic rings. The van der Waals surface area contributed by atoms with Gasteiger partial charge in [0, 0.05) is 0 Å². The predicted molar refractivity (Wildman–Crippen MR) is 47.1 cm³/mol. The zero-order chi connectivity index (χ0) is 8.69. The lowest BCUT2D eigenvalue weighted by Crippen LogP contribution is -2.31. The Kier molecular flexibility index (Phi) is 10.3. The summed E-state index contributed by atoms with van der Waals surface area (Å²) in [4.78, 5) is 10.7. The van der Waals surface area contributed by atoms with Gasteiger partial charge in [-0.2, -0.15) is 0 Å². The summed E-state index contributed by atoms with van der Waals surface area (Å²) in [5.41, 5.74) is 5.37. The third kappa shape index (κ3) is 6.37. The van der Waals surface area contributed by atoms with Crippen molar-refractivity contribution in [1.29, 1.82) is 0 Å². The van der Waals surface area contributed by atoms with E-state index in [1.165, 1.54) is 7.11 Å². The van der Waals surface area contributed by atoms with Crippen molar-refractivity contribution in [2.45, 2.75) is 25.3 Å². The molecule has 0 spiro atoms. The van der Waals surface area contributed by atoms with Gasteiger partial charge >= 0.3 is 5.97 Å². The van der Waals surface area contributed by atoms with Crippen LogP contribution in [0.3, 0.4) is 0 Å². The zero-order valence-electron chi connectivity index (χ0n) is 7.09. The summed E-state index contributed by atoms with van der Waals surface area (Å²) in [6, 6.07) is -0.591. The highest BCUT2D eigenvalue weighted by Gasteiger charge is 2.11. The van der Waals surface area contributed by atoms with Crippen molar-refractivity contribution in [1.82, 2.24) is 0 Å². The molecule has 0 aromatic carbocycles. The highest BCUT2D eigenvalue weighted by Crippen LogP contribution is 2.00. The third-order valence-electron chi connectivity index (χ3n) is 1.40. The van der Waals surface area contributed by atoms with Gasteiger partial charge in [-0.3, -0.25) is 9.18 Å². The highest BCUT2D eigenvalue weighted by atomic mass is 35.5. The van der Waals surface area contributed by atoms with E-state index in [1.54, 1.807) is 0 Å². The molecule has 0 aromatic heterocycles. The van der Waals surface area contributed by atoms with Gasteiger partial charge in [0.1, 0.15) is 6.04 Å². The summed E-state index contributed by atoms with van der Waals surface area (Å²) in [6.45, 7) is -0.353. The minimum absolute atomic E-state index is 0. The van der Waals surface area contributed by atoms with Crippen LogP contribution in [0.15, 0.2) is 0 Å². The van der Waals surface area contributed by atoms with Gasteiger partial charge in [0.25, 0.3) is 0 Å². The van der Waals surface area contributed by atoms with Gasteiger partial charge in [0.05, 0.1) is 13.8 Å². The second-order valence-corrected chi connectivity index (χ2v) is 2.31. The molecular formula is C7H15ClFNO2. The van der Waals surface area contributed by atoms with Crippen molar-refractivity contribution < 1.29 is 13.9 Å². The van der Waals surface area contributed by atoms with Crippen LogP contribution >= 0.6 is 12.4 Å². The Labute approximate surface area is 77.9 Å². The van der Waals surface area contributed by atoms with Gasteiger partial charge in [-0.1, -0.05) is 0 Å². The number of ether oxygens (including phenoxy) is 1. The van der Waals surface area contributed by atoms with Crippen molar-refractivity contribution in [3.8, 4) is 0 Å². The Morgan fingerprint density at radius 1 is 1.58 bits per heavy atom. The number of esters is 1. The third-order valence-corrected chi connectivity index (χ3v) is 1.40. The largest absolute Gasteiger partial charge is 0.468 e. The van der Waals surface area contributed by atoms with Gasteiger partial charge in [-0.15, -0.1) is 12.4 Å². The average molecular weight is 200 g/mol. The van der Waals surface area contributed by atoms with Crippen molar-refractivity contribution >= 4 is 18.4 Å². The van der Waals surface area contributed by atoms with E-state index in [0.717, 1.165) is 0 Å². The molecule has 12 heavy (non-hydrogen) atoms. The first kappa shape index (κ1) is 14.2. The molecule has 74 valence electrons. The molecule has 0 unspecified atom stereocenters. The molecule has 0 saturated carbocycles. The standard InChI is InChI=1S/C7H14FNO2.ClH/c1-11-7(10)6(9)4-2-3-5-8;/h6H,2-5,9H2,1H3;1H/t6-;/m0./s1. The number of unbranched alkanes of at least 4 members (excludes halogenated alkanes) is 1. The maximum atomic E-state index is 11.6. The number of hydrogen-bond acceptors (Lipinski definition) is 3.